The highest BCUT2D eigenvalue weighted by molar-refractivity contribution is 5.06. The molecular formula is C13H21NO3. The van der Waals surface area contributed by atoms with Gasteiger partial charge in [0.05, 0.1) is 6.54 Å². The van der Waals surface area contributed by atoms with Crippen molar-refractivity contribution in [1.29, 1.82) is 0 Å². The Labute approximate surface area is 102 Å². The highest BCUT2D eigenvalue weighted by atomic mass is 16.4. The molecule has 0 atom stereocenters. The van der Waals surface area contributed by atoms with Crippen molar-refractivity contribution in [2.75, 3.05) is 6.61 Å². The van der Waals surface area contributed by atoms with Crippen molar-refractivity contribution >= 4 is 0 Å². The number of hydrogen-bond donors (Lipinski definition) is 3. The molecule has 0 amide bonds. The van der Waals surface area contributed by atoms with Crippen molar-refractivity contribution in [1.82, 2.24) is 5.32 Å². The van der Waals surface area contributed by atoms with Crippen LogP contribution in [-0.2, 0) is 13.2 Å². The molecule has 1 aromatic heterocycles. The van der Waals surface area contributed by atoms with Gasteiger partial charge in [-0.1, -0.05) is 0 Å². The van der Waals surface area contributed by atoms with Crippen LogP contribution >= 0.6 is 0 Å². The topological polar surface area (TPSA) is 65.6 Å². The molecule has 1 fully saturated rings. The summed E-state index contributed by atoms with van der Waals surface area (Å²) in [6.45, 7) is 1.00. The van der Waals surface area contributed by atoms with Crippen LogP contribution in [0.1, 0.15) is 37.2 Å². The number of aliphatic hydroxyl groups excluding tert-OH is 2. The summed E-state index contributed by atoms with van der Waals surface area (Å²) in [4.78, 5) is 0. The van der Waals surface area contributed by atoms with E-state index in [1.807, 2.05) is 6.07 Å². The van der Waals surface area contributed by atoms with Gasteiger partial charge in [-0.25, -0.2) is 0 Å². The summed E-state index contributed by atoms with van der Waals surface area (Å²) < 4.78 is 5.41. The third kappa shape index (κ3) is 3.56. The molecule has 0 unspecified atom stereocenters. The molecule has 1 aromatic rings. The van der Waals surface area contributed by atoms with Crippen molar-refractivity contribution < 1.29 is 14.6 Å². The second kappa shape index (κ2) is 6.19. The molecule has 0 bridgehead atoms. The molecule has 1 saturated carbocycles. The lowest BCUT2D eigenvalue weighted by Gasteiger charge is -2.27. The van der Waals surface area contributed by atoms with Gasteiger partial charge in [-0.15, -0.1) is 0 Å². The standard InChI is InChI=1S/C13H21NO3/c15-8-10-1-3-11(4-2-10)14-7-12-5-6-13(9-16)17-12/h5-6,10-11,14-16H,1-4,7-9H2. The van der Waals surface area contributed by atoms with Gasteiger partial charge in [-0.3, -0.25) is 0 Å². The van der Waals surface area contributed by atoms with Crippen LogP contribution < -0.4 is 5.32 Å². The maximum Gasteiger partial charge on any atom is 0.129 e. The van der Waals surface area contributed by atoms with Crippen molar-refractivity contribution in [3.05, 3.63) is 23.7 Å². The predicted molar refractivity (Wildman–Crippen MR) is 64.3 cm³/mol. The molecule has 4 heteroatoms. The quantitative estimate of drug-likeness (QED) is 0.727. The number of hydrogen-bond acceptors (Lipinski definition) is 4. The first-order valence-corrected chi connectivity index (χ1v) is 6.34. The van der Waals surface area contributed by atoms with Crippen molar-refractivity contribution in [2.45, 2.75) is 44.9 Å². The van der Waals surface area contributed by atoms with Gasteiger partial charge >= 0.3 is 0 Å². The van der Waals surface area contributed by atoms with E-state index in [2.05, 4.69) is 5.32 Å². The van der Waals surface area contributed by atoms with E-state index in [0.717, 1.165) is 31.4 Å². The Kier molecular flexibility index (Phi) is 4.59. The molecule has 1 heterocycles. The molecule has 0 spiro atoms. The average molecular weight is 239 g/mol. The van der Waals surface area contributed by atoms with Crippen LogP contribution in [0.5, 0.6) is 0 Å². The van der Waals surface area contributed by atoms with Crippen LogP contribution in [0.25, 0.3) is 0 Å². The van der Waals surface area contributed by atoms with Crippen LogP contribution in [-0.4, -0.2) is 22.9 Å². The second-order valence-corrected chi connectivity index (χ2v) is 4.81. The fourth-order valence-electron chi connectivity index (χ4n) is 2.40. The normalized spacial score (nSPS) is 25.1. The van der Waals surface area contributed by atoms with Gasteiger partial charge in [0.25, 0.3) is 0 Å². The zero-order valence-corrected chi connectivity index (χ0v) is 10.1. The Bertz CT molecular complexity index is 329. The monoisotopic (exact) mass is 239 g/mol. The summed E-state index contributed by atoms with van der Waals surface area (Å²) in [6, 6.07) is 4.23. The van der Waals surface area contributed by atoms with E-state index in [1.54, 1.807) is 6.07 Å². The summed E-state index contributed by atoms with van der Waals surface area (Å²) in [5.41, 5.74) is 0. The van der Waals surface area contributed by atoms with Crippen molar-refractivity contribution in [3.63, 3.8) is 0 Å². The van der Waals surface area contributed by atoms with Crippen LogP contribution in [0, 0.1) is 5.92 Å². The lowest BCUT2D eigenvalue weighted by molar-refractivity contribution is 0.174. The fraction of sp³-hybridized carbons (Fsp3) is 0.692. The van der Waals surface area contributed by atoms with Crippen molar-refractivity contribution in [2.24, 2.45) is 5.92 Å². The molecular weight excluding hydrogens is 218 g/mol. The van der Waals surface area contributed by atoms with Crippen LogP contribution in [0.2, 0.25) is 0 Å². The van der Waals surface area contributed by atoms with Gasteiger partial charge in [0, 0.05) is 12.6 Å². The maximum atomic E-state index is 9.06. The Morgan fingerprint density at radius 1 is 1.12 bits per heavy atom. The van der Waals surface area contributed by atoms with Gasteiger partial charge in [0.2, 0.25) is 0 Å². The smallest absolute Gasteiger partial charge is 0.129 e. The summed E-state index contributed by atoms with van der Waals surface area (Å²) in [6.07, 6.45) is 4.46. The highest BCUT2D eigenvalue weighted by Crippen LogP contribution is 2.24. The number of rotatable bonds is 5. The molecule has 0 aliphatic heterocycles. The first-order chi connectivity index (χ1) is 8.31. The molecule has 3 N–H and O–H groups in total. The van der Waals surface area contributed by atoms with Crippen LogP contribution in [0.3, 0.4) is 0 Å². The lowest BCUT2D eigenvalue weighted by atomic mass is 9.86. The molecule has 4 nitrogen and oxygen atoms in total. The van der Waals surface area contributed by atoms with Crippen LogP contribution in [0.4, 0.5) is 0 Å². The van der Waals surface area contributed by atoms with Gasteiger partial charge < -0.3 is 19.9 Å². The summed E-state index contributed by atoms with van der Waals surface area (Å²) >= 11 is 0. The van der Waals surface area contributed by atoms with Crippen molar-refractivity contribution in [3.8, 4) is 0 Å². The van der Waals surface area contributed by atoms with Gasteiger partial charge in [-0.2, -0.15) is 0 Å². The summed E-state index contributed by atoms with van der Waals surface area (Å²) in [5, 5.41) is 21.4. The van der Waals surface area contributed by atoms with E-state index in [9.17, 15) is 0 Å². The van der Waals surface area contributed by atoms with Crippen LogP contribution in [0.15, 0.2) is 16.5 Å². The van der Waals surface area contributed by atoms with E-state index in [1.165, 1.54) is 0 Å². The number of furan rings is 1. The summed E-state index contributed by atoms with van der Waals surface area (Å²) in [7, 11) is 0. The zero-order chi connectivity index (χ0) is 12.1. The van der Waals surface area contributed by atoms with E-state index < -0.39 is 0 Å². The Morgan fingerprint density at radius 3 is 2.41 bits per heavy atom. The first kappa shape index (κ1) is 12.6. The van der Waals surface area contributed by atoms with Gasteiger partial charge in [0.1, 0.15) is 18.1 Å². The molecule has 1 aliphatic carbocycles. The second-order valence-electron chi connectivity index (χ2n) is 4.81. The molecule has 0 aromatic carbocycles. The molecule has 2 rings (SSSR count). The van der Waals surface area contributed by atoms with Gasteiger partial charge in [-0.05, 0) is 43.7 Å². The minimum absolute atomic E-state index is 0.0401. The van der Waals surface area contributed by atoms with E-state index in [0.29, 0.717) is 30.9 Å². The first-order valence-electron chi connectivity index (χ1n) is 6.34. The minimum atomic E-state index is -0.0401. The largest absolute Gasteiger partial charge is 0.462 e. The Hall–Kier alpha value is -0.840. The minimum Gasteiger partial charge on any atom is -0.462 e. The third-order valence-corrected chi connectivity index (χ3v) is 3.54. The van der Waals surface area contributed by atoms with Gasteiger partial charge in [0.15, 0.2) is 0 Å². The fourth-order valence-corrected chi connectivity index (χ4v) is 2.40. The SMILES string of the molecule is OCc1ccc(CNC2CCC(CO)CC2)o1. The lowest BCUT2D eigenvalue weighted by Crippen LogP contribution is -2.33. The molecule has 0 radical (unpaired) electrons. The number of aliphatic hydroxyl groups is 2. The molecule has 0 saturated heterocycles. The Morgan fingerprint density at radius 2 is 1.82 bits per heavy atom. The molecule has 17 heavy (non-hydrogen) atoms. The Balaban J connectivity index is 1.72. The third-order valence-electron chi connectivity index (χ3n) is 3.54. The predicted octanol–water partition coefficient (Wildman–Crippen LogP) is 1.41. The van der Waals surface area contributed by atoms with E-state index in [-0.39, 0.29) is 6.61 Å². The number of nitrogens with one attached hydrogen (secondary N) is 1. The average Bonchev–Trinajstić information content (AvgIpc) is 2.85. The van der Waals surface area contributed by atoms with E-state index >= 15 is 0 Å². The van der Waals surface area contributed by atoms with E-state index in [4.69, 9.17) is 14.6 Å². The zero-order valence-electron chi connectivity index (χ0n) is 10.1. The maximum absolute atomic E-state index is 9.06. The highest BCUT2D eigenvalue weighted by Gasteiger charge is 2.20. The molecule has 1 aliphatic rings. The molecule has 96 valence electrons. The summed E-state index contributed by atoms with van der Waals surface area (Å²) in [5.74, 6) is 1.99.